The van der Waals surface area contributed by atoms with Crippen LogP contribution >= 0.6 is 0 Å². The van der Waals surface area contributed by atoms with E-state index in [1.54, 1.807) is 13.1 Å². The van der Waals surface area contributed by atoms with Crippen LogP contribution in [0.15, 0.2) is 6.20 Å². The highest BCUT2D eigenvalue weighted by Gasteiger charge is 2.17. The van der Waals surface area contributed by atoms with Crippen LogP contribution in [0, 0.1) is 6.92 Å². The Kier molecular flexibility index (Phi) is 4.67. The molecule has 0 spiro atoms. The first-order valence-corrected chi connectivity index (χ1v) is 5.35. The molecule has 0 aromatic carbocycles. The molecule has 1 rings (SSSR count). The average molecular weight is 225 g/mol. The van der Waals surface area contributed by atoms with Crippen molar-refractivity contribution in [1.82, 2.24) is 4.98 Å². The molecular formula is C11H19N3O2. The van der Waals surface area contributed by atoms with Gasteiger partial charge < -0.3 is 21.7 Å². The molecule has 0 saturated carbocycles. The number of aromatic hydroxyl groups is 1. The van der Waals surface area contributed by atoms with Crippen molar-refractivity contribution < 1.29 is 10.2 Å². The molecule has 0 unspecified atom stereocenters. The quantitative estimate of drug-likeness (QED) is 0.578. The van der Waals surface area contributed by atoms with E-state index < -0.39 is 0 Å². The summed E-state index contributed by atoms with van der Waals surface area (Å²) in [5, 5.41) is 19.1. The predicted molar refractivity (Wildman–Crippen MR) is 61.8 cm³/mol. The van der Waals surface area contributed by atoms with Crippen molar-refractivity contribution >= 4 is 0 Å². The molecule has 0 saturated heterocycles. The Labute approximate surface area is 95.1 Å². The Bertz CT molecular complexity index is 355. The summed E-state index contributed by atoms with van der Waals surface area (Å²) in [7, 11) is 0. The van der Waals surface area contributed by atoms with Gasteiger partial charge in [-0.15, -0.1) is 0 Å². The van der Waals surface area contributed by atoms with Crippen molar-refractivity contribution in [1.29, 1.82) is 0 Å². The molecule has 16 heavy (non-hydrogen) atoms. The molecule has 5 nitrogen and oxygen atoms in total. The van der Waals surface area contributed by atoms with Crippen LogP contribution in [0.3, 0.4) is 0 Å². The summed E-state index contributed by atoms with van der Waals surface area (Å²) in [5.74, 6) is 0.0797. The van der Waals surface area contributed by atoms with Crippen LogP contribution < -0.4 is 11.5 Å². The summed E-state index contributed by atoms with van der Waals surface area (Å²) in [6.45, 7) is 2.09. The lowest BCUT2D eigenvalue weighted by Crippen LogP contribution is -2.15. The molecule has 0 aliphatic carbocycles. The Hall–Kier alpha value is -1.17. The van der Waals surface area contributed by atoms with Gasteiger partial charge in [0.15, 0.2) is 0 Å². The van der Waals surface area contributed by atoms with Gasteiger partial charge in [-0.3, -0.25) is 4.98 Å². The summed E-state index contributed by atoms with van der Waals surface area (Å²) in [6, 6.07) is -0.313. The van der Waals surface area contributed by atoms with Crippen molar-refractivity contribution in [2.75, 3.05) is 6.54 Å². The number of aromatic nitrogens is 1. The molecule has 0 aliphatic heterocycles. The molecule has 1 aromatic heterocycles. The highest BCUT2D eigenvalue weighted by Crippen LogP contribution is 2.30. The van der Waals surface area contributed by atoms with E-state index in [9.17, 15) is 10.2 Å². The van der Waals surface area contributed by atoms with Crippen molar-refractivity contribution in [3.63, 3.8) is 0 Å². The first-order chi connectivity index (χ1) is 7.61. The summed E-state index contributed by atoms with van der Waals surface area (Å²) >= 11 is 0. The molecule has 0 aliphatic rings. The third-order valence-electron chi connectivity index (χ3n) is 2.62. The van der Waals surface area contributed by atoms with Crippen LogP contribution in [0.2, 0.25) is 0 Å². The number of aliphatic hydroxyl groups is 1. The lowest BCUT2D eigenvalue weighted by atomic mass is 9.97. The molecule has 0 bridgehead atoms. The summed E-state index contributed by atoms with van der Waals surface area (Å²) in [4.78, 5) is 3.98. The van der Waals surface area contributed by atoms with E-state index in [1.807, 2.05) is 0 Å². The smallest absolute Gasteiger partial charge is 0.141 e. The number of aliphatic hydroxyl groups excluding tert-OH is 1. The maximum absolute atomic E-state index is 9.89. The van der Waals surface area contributed by atoms with Gasteiger partial charge in [0.1, 0.15) is 5.75 Å². The van der Waals surface area contributed by atoms with E-state index in [2.05, 4.69) is 4.98 Å². The molecule has 0 radical (unpaired) electrons. The van der Waals surface area contributed by atoms with E-state index >= 15 is 0 Å². The highest BCUT2D eigenvalue weighted by atomic mass is 16.3. The van der Waals surface area contributed by atoms with Gasteiger partial charge in [-0.1, -0.05) is 0 Å². The lowest BCUT2D eigenvalue weighted by molar-refractivity contribution is 0.277. The second-order valence-electron chi connectivity index (χ2n) is 3.83. The zero-order valence-electron chi connectivity index (χ0n) is 9.48. The van der Waals surface area contributed by atoms with Gasteiger partial charge in [-0.2, -0.15) is 0 Å². The van der Waals surface area contributed by atoms with E-state index in [-0.39, 0.29) is 18.4 Å². The normalized spacial score (nSPS) is 12.8. The number of pyridine rings is 1. The number of hydrogen-bond donors (Lipinski definition) is 4. The Morgan fingerprint density at radius 1 is 1.50 bits per heavy atom. The van der Waals surface area contributed by atoms with E-state index in [0.29, 0.717) is 29.8 Å². The summed E-state index contributed by atoms with van der Waals surface area (Å²) in [5.41, 5.74) is 13.1. The van der Waals surface area contributed by atoms with Gasteiger partial charge in [0.05, 0.1) is 12.3 Å². The minimum atomic E-state index is -0.313. The number of nitrogens with zero attached hydrogens (tertiary/aromatic N) is 1. The van der Waals surface area contributed by atoms with Crippen molar-refractivity contribution in [2.24, 2.45) is 11.5 Å². The van der Waals surface area contributed by atoms with Crippen LogP contribution in [0.5, 0.6) is 5.75 Å². The number of nitrogens with two attached hydrogens (primary N) is 2. The van der Waals surface area contributed by atoms with Crippen molar-refractivity contribution in [2.45, 2.75) is 32.4 Å². The zero-order chi connectivity index (χ0) is 12.1. The largest absolute Gasteiger partial charge is 0.506 e. The predicted octanol–water partition coefficient (Wildman–Crippen LogP) is 0.327. The molecule has 1 aromatic rings. The third kappa shape index (κ3) is 2.69. The van der Waals surface area contributed by atoms with Gasteiger partial charge in [-0.25, -0.2) is 0 Å². The summed E-state index contributed by atoms with van der Waals surface area (Å²) in [6.07, 6.45) is 3.01. The number of rotatable bonds is 5. The SMILES string of the molecule is Cc1ncc(CO)c([C@@H](N)CCCN)c1O. The number of aryl methyl sites for hydroxylation is 1. The van der Waals surface area contributed by atoms with Crippen LogP contribution in [0.25, 0.3) is 0 Å². The van der Waals surface area contributed by atoms with Crippen LogP contribution in [-0.4, -0.2) is 21.7 Å². The molecule has 0 fully saturated rings. The molecule has 1 heterocycles. The minimum absolute atomic E-state index is 0.0797. The first kappa shape index (κ1) is 12.9. The molecule has 1 atom stereocenters. The first-order valence-electron chi connectivity index (χ1n) is 5.35. The van der Waals surface area contributed by atoms with Crippen molar-refractivity contribution in [3.05, 3.63) is 23.0 Å². The van der Waals surface area contributed by atoms with Gasteiger partial charge in [-0.05, 0) is 26.3 Å². The molecule has 90 valence electrons. The van der Waals surface area contributed by atoms with E-state index in [0.717, 1.165) is 6.42 Å². The standard InChI is InChI=1S/C11H19N3O2/c1-7-11(16)10(8(6-15)5-14-7)9(13)3-2-4-12/h5,9,15-16H,2-4,6,12-13H2,1H3/t9-/m0/s1. The fourth-order valence-corrected chi connectivity index (χ4v) is 1.67. The average Bonchev–Trinajstić information content (AvgIpc) is 2.29. The molecular weight excluding hydrogens is 206 g/mol. The maximum atomic E-state index is 9.89. The Morgan fingerprint density at radius 2 is 2.19 bits per heavy atom. The monoisotopic (exact) mass is 225 g/mol. The summed E-state index contributed by atoms with van der Waals surface area (Å²) < 4.78 is 0. The van der Waals surface area contributed by atoms with Crippen molar-refractivity contribution in [3.8, 4) is 5.75 Å². The van der Waals surface area contributed by atoms with Gasteiger partial charge >= 0.3 is 0 Å². The van der Waals surface area contributed by atoms with Gasteiger partial charge in [0.25, 0.3) is 0 Å². The lowest BCUT2D eigenvalue weighted by Gasteiger charge is -2.17. The maximum Gasteiger partial charge on any atom is 0.141 e. The van der Waals surface area contributed by atoms with Gasteiger partial charge in [0.2, 0.25) is 0 Å². The second-order valence-corrected chi connectivity index (χ2v) is 3.83. The molecule has 5 heteroatoms. The van der Waals surface area contributed by atoms with Gasteiger partial charge in [0, 0.05) is 23.4 Å². The highest BCUT2D eigenvalue weighted by molar-refractivity contribution is 5.42. The Balaban J connectivity index is 3.03. The molecule has 0 amide bonds. The second kappa shape index (κ2) is 5.79. The fourth-order valence-electron chi connectivity index (χ4n) is 1.67. The third-order valence-corrected chi connectivity index (χ3v) is 2.62. The topological polar surface area (TPSA) is 105 Å². The number of hydrogen-bond acceptors (Lipinski definition) is 5. The van der Waals surface area contributed by atoms with E-state index in [1.165, 1.54) is 0 Å². The fraction of sp³-hybridized carbons (Fsp3) is 0.545. The minimum Gasteiger partial charge on any atom is -0.506 e. The van der Waals surface area contributed by atoms with Crippen LogP contribution in [-0.2, 0) is 6.61 Å². The van der Waals surface area contributed by atoms with Crippen LogP contribution in [0.1, 0.15) is 35.7 Å². The zero-order valence-corrected chi connectivity index (χ0v) is 9.48. The van der Waals surface area contributed by atoms with Crippen LogP contribution in [0.4, 0.5) is 0 Å². The molecule has 6 N–H and O–H groups in total. The Morgan fingerprint density at radius 3 is 2.75 bits per heavy atom. The van der Waals surface area contributed by atoms with E-state index in [4.69, 9.17) is 11.5 Å².